The van der Waals surface area contributed by atoms with Gasteiger partial charge >= 0.3 is 0 Å². The zero-order chi connectivity index (χ0) is 19.4. The van der Waals surface area contributed by atoms with Gasteiger partial charge in [-0.3, -0.25) is 9.69 Å². The molecule has 1 saturated heterocycles. The van der Waals surface area contributed by atoms with Crippen molar-refractivity contribution in [2.45, 2.75) is 46.2 Å². The molecule has 0 aliphatic carbocycles. The number of nitrogens with one attached hydrogen (secondary N) is 1. The summed E-state index contributed by atoms with van der Waals surface area (Å²) in [5.74, 6) is 0.0155. The van der Waals surface area contributed by atoms with Crippen LogP contribution in [-0.4, -0.2) is 23.9 Å². The van der Waals surface area contributed by atoms with Gasteiger partial charge in [0.15, 0.2) is 0 Å². The molecule has 1 fully saturated rings. The number of rotatable bonds is 5. The van der Waals surface area contributed by atoms with Crippen LogP contribution in [0.2, 0.25) is 0 Å². The number of piperidine rings is 1. The van der Waals surface area contributed by atoms with Crippen molar-refractivity contribution in [2.75, 3.05) is 13.1 Å². The van der Waals surface area contributed by atoms with E-state index in [9.17, 15) is 9.18 Å². The Morgan fingerprint density at radius 3 is 2.52 bits per heavy atom. The highest BCUT2D eigenvalue weighted by Crippen LogP contribution is 2.22. The second-order valence-corrected chi connectivity index (χ2v) is 7.72. The Bertz CT molecular complexity index is 797. The average molecular weight is 368 g/mol. The van der Waals surface area contributed by atoms with E-state index in [2.05, 4.69) is 42.3 Å². The number of aryl methyl sites for hydroxylation is 2. The van der Waals surface area contributed by atoms with E-state index in [0.717, 1.165) is 37.1 Å². The Hall–Kier alpha value is -2.20. The van der Waals surface area contributed by atoms with Crippen molar-refractivity contribution < 1.29 is 9.18 Å². The van der Waals surface area contributed by atoms with Gasteiger partial charge in [0, 0.05) is 18.0 Å². The Morgan fingerprint density at radius 2 is 1.85 bits per heavy atom. The van der Waals surface area contributed by atoms with Crippen LogP contribution in [0.3, 0.4) is 0 Å². The molecule has 2 aromatic carbocycles. The molecule has 3 rings (SSSR count). The Balaban J connectivity index is 1.51. The molecule has 1 amide bonds. The van der Waals surface area contributed by atoms with Gasteiger partial charge in [0.25, 0.3) is 0 Å². The van der Waals surface area contributed by atoms with Gasteiger partial charge < -0.3 is 5.32 Å². The van der Waals surface area contributed by atoms with Gasteiger partial charge in [-0.25, -0.2) is 4.39 Å². The first-order valence-electron chi connectivity index (χ1n) is 9.77. The molecule has 1 aliphatic heterocycles. The lowest BCUT2D eigenvalue weighted by molar-refractivity contribution is -0.127. The molecule has 27 heavy (non-hydrogen) atoms. The molecule has 0 spiro atoms. The minimum Gasteiger partial charge on any atom is -0.349 e. The van der Waals surface area contributed by atoms with E-state index >= 15 is 0 Å². The zero-order valence-corrected chi connectivity index (χ0v) is 16.5. The molecular formula is C23H29FN2O. The fourth-order valence-corrected chi connectivity index (χ4v) is 3.67. The van der Waals surface area contributed by atoms with Crippen molar-refractivity contribution in [2.24, 2.45) is 5.92 Å². The lowest BCUT2D eigenvalue weighted by atomic mass is 9.94. The van der Waals surface area contributed by atoms with E-state index in [1.54, 1.807) is 6.07 Å². The molecule has 1 atom stereocenters. The number of benzene rings is 2. The Labute approximate surface area is 161 Å². The quantitative estimate of drug-likeness (QED) is 0.841. The van der Waals surface area contributed by atoms with Gasteiger partial charge in [-0.05, 0) is 69.5 Å². The maximum atomic E-state index is 13.8. The molecule has 3 nitrogen and oxygen atoms in total. The van der Waals surface area contributed by atoms with Gasteiger partial charge in [0.1, 0.15) is 5.82 Å². The maximum absolute atomic E-state index is 13.8. The molecule has 0 aromatic heterocycles. The normalized spacial score (nSPS) is 16.9. The van der Waals surface area contributed by atoms with Crippen LogP contribution in [0.1, 0.15) is 48.1 Å². The molecule has 0 saturated carbocycles. The van der Waals surface area contributed by atoms with Crippen molar-refractivity contribution in [3.8, 4) is 0 Å². The van der Waals surface area contributed by atoms with Crippen LogP contribution in [0.25, 0.3) is 0 Å². The molecule has 1 N–H and O–H groups in total. The molecule has 144 valence electrons. The SMILES string of the molecule is Cc1ccc(C(C)NC(=O)C2CCN(Cc3ccccc3F)CC2)cc1C. The predicted molar refractivity (Wildman–Crippen MR) is 107 cm³/mol. The molecule has 0 bridgehead atoms. The summed E-state index contributed by atoms with van der Waals surface area (Å²) in [5.41, 5.74) is 4.38. The van der Waals surface area contributed by atoms with Gasteiger partial charge in [-0.1, -0.05) is 36.4 Å². The summed E-state index contributed by atoms with van der Waals surface area (Å²) in [5, 5.41) is 3.17. The van der Waals surface area contributed by atoms with Gasteiger partial charge in [-0.15, -0.1) is 0 Å². The number of nitrogens with zero attached hydrogens (tertiary/aromatic N) is 1. The number of likely N-dealkylation sites (tertiary alicyclic amines) is 1. The largest absolute Gasteiger partial charge is 0.349 e. The molecule has 4 heteroatoms. The van der Waals surface area contributed by atoms with Crippen molar-refractivity contribution in [1.29, 1.82) is 0 Å². The molecule has 2 aromatic rings. The van der Waals surface area contributed by atoms with Crippen LogP contribution in [0.15, 0.2) is 42.5 Å². The second kappa shape index (κ2) is 8.66. The zero-order valence-electron chi connectivity index (χ0n) is 16.5. The van der Waals surface area contributed by atoms with Crippen molar-refractivity contribution in [3.63, 3.8) is 0 Å². The lowest BCUT2D eigenvalue weighted by Crippen LogP contribution is -2.41. The number of halogens is 1. The highest BCUT2D eigenvalue weighted by molar-refractivity contribution is 5.79. The summed E-state index contributed by atoms with van der Waals surface area (Å²) < 4.78 is 13.8. The van der Waals surface area contributed by atoms with Crippen LogP contribution < -0.4 is 5.32 Å². The van der Waals surface area contributed by atoms with Crippen LogP contribution in [0, 0.1) is 25.6 Å². The van der Waals surface area contributed by atoms with Crippen LogP contribution in [-0.2, 0) is 11.3 Å². The Morgan fingerprint density at radius 1 is 1.15 bits per heavy atom. The summed E-state index contributed by atoms with van der Waals surface area (Å²) in [4.78, 5) is 14.9. The standard InChI is InChI=1S/C23H29FN2O/c1-16-8-9-20(14-17(16)2)18(3)25-23(27)19-10-12-26(13-11-19)15-21-6-4-5-7-22(21)24/h4-9,14,18-19H,10-13,15H2,1-3H3,(H,25,27). The van der Waals surface area contributed by atoms with E-state index in [1.165, 1.54) is 17.2 Å². The molecule has 1 heterocycles. The third kappa shape index (κ3) is 4.95. The van der Waals surface area contributed by atoms with E-state index in [4.69, 9.17) is 0 Å². The number of hydrogen-bond donors (Lipinski definition) is 1. The molecule has 0 radical (unpaired) electrons. The smallest absolute Gasteiger partial charge is 0.223 e. The first-order valence-corrected chi connectivity index (χ1v) is 9.77. The predicted octanol–water partition coefficient (Wildman–Crippen LogP) is 4.53. The van der Waals surface area contributed by atoms with Gasteiger partial charge in [0.05, 0.1) is 6.04 Å². The van der Waals surface area contributed by atoms with Crippen LogP contribution in [0.5, 0.6) is 0 Å². The minimum atomic E-state index is -0.153. The average Bonchev–Trinajstić information content (AvgIpc) is 2.66. The van der Waals surface area contributed by atoms with Gasteiger partial charge in [0.2, 0.25) is 5.91 Å². The van der Waals surface area contributed by atoms with Crippen LogP contribution in [0.4, 0.5) is 4.39 Å². The van der Waals surface area contributed by atoms with Crippen LogP contribution >= 0.6 is 0 Å². The highest BCUT2D eigenvalue weighted by Gasteiger charge is 2.26. The van der Waals surface area contributed by atoms with Crippen molar-refractivity contribution >= 4 is 5.91 Å². The molecular weight excluding hydrogens is 339 g/mol. The highest BCUT2D eigenvalue weighted by atomic mass is 19.1. The summed E-state index contributed by atoms with van der Waals surface area (Å²) in [6.07, 6.45) is 1.64. The summed E-state index contributed by atoms with van der Waals surface area (Å²) in [7, 11) is 0. The number of hydrogen-bond acceptors (Lipinski definition) is 2. The molecule has 1 aliphatic rings. The van der Waals surface area contributed by atoms with E-state index in [0.29, 0.717) is 6.54 Å². The third-order valence-corrected chi connectivity index (χ3v) is 5.70. The number of amides is 1. The van der Waals surface area contributed by atoms with E-state index in [1.807, 2.05) is 19.1 Å². The number of carbonyl (C=O) groups is 1. The maximum Gasteiger partial charge on any atom is 0.223 e. The Kier molecular flexibility index (Phi) is 6.27. The number of carbonyl (C=O) groups excluding carboxylic acids is 1. The minimum absolute atomic E-state index is 0.00763. The monoisotopic (exact) mass is 368 g/mol. The third-order valence-electron chi connectivity index (χ3n) is 5.70. The van der Waals surface area contributed by atoms with Crippen molar-refractivity contribution in [1.82, 2.24) is 10.2 Å². The van der Waals surface area contributed by atoms with E-state index < -0.39 is 0 Å². The van der Waals surface area contributed by atoms with Crippen molar-refractivity contribution in [3.05, 3.63) is 70.5 Å². The lowest BCUT2D eigenvalue weighted by Gasteiger charge is -2.32. The second-order valence-electron chi connectivity index (χ2n) is 7.72. The van der Waals surface area contributed by atoms with Gasteiger partial charge in [-0.2, -0.15) is 0 Å². The fourth-order valence-electron chi connectivity index (χ4n) is 3.67. The topological polar surface area (TPSA) is 32.3 Å². The van der Waals surface area contributed by atoms with E-state index in [-0.39, 0.29) is 23.7 Å². The summed E-state index contributed by atoms with van der Waals surface area (Å²) in [6, 6.07) is 13.3. The fraction of sp³-hybridized carbons (Fsp3) is 0.435. The summed E-state index contributed by atoms with van der Waals surface area (Å²) >= 11 is 0. The summed E-state index contributed by atoms with van der Waals surface area (Å²) in [6.45, 7) is 8.49. The first kappa shape index (κ1) is 19.6. The molecule has 1 unspecified atom stereocenters. The first-order chi connectivity index (χ1) is 12.9.